The second kappa shape index (κ2) is 10.8. The Morgan fingerprint density at radius 2 is 1.53 bits per heavy atom. The van der Waals surface area contributed by atoms with E-state index >= 15 is 0 Å². The van der Waals surface area contributed by atoms with E-state index in [1.165, 1.54) is 0 Å². The van der Waals surface area contributed by atoms with Gasteiger partial charge in [-0.15, -0.1) is 0 Å². The first-order valence-electron chi connectivity index (χ1n) is 11.2. The number of hydrogen-bond acceptors (Lipinski definition) is 6. The summed E-state index contributed by atoms with van der Waals surface area (Å²) in [7, 11) is 0. The summed E-state index contributed by atoms with van der Waals surface area (Å²) in [5.74, 6) is -1.06. The minimum absolute atomic E-state index is 0.219. The number of cyclic esters (lactones) is 1. The van der Waals surface area contributed by atoms with Gasteiger partial charge in [-0.05, 0) is 48.1 Å². The zero-order valence-corrected chi connectivity index (χ0v) is 18.7. The van der Waals surface area contributed by atoms with Crippen molar-refractivity contribution in [2.45, 2.75) is 38.0 Å². The number of hydrogen-bond donors (Lipinski definition) is 2. The van der Waals surface area contributed by atoms with Crippen LogP contribution in [0, 0.1) is 0 Å². The third kappa shape index (κ3) is 5.71. The lowest BCUT2D eigenvalue weighted by molar-refractivity contribution is -0.141. The van der Waals surface area contributed by atoms with Crippen molar-refractivity contribution >= 4 is 11.8 Å². The molecular weight excluding hydrogens is 430 g/mol. The number of carbonyl (C=O) groups is 2. The molecule has 2 atom stereocenters. The minimum Gasteiger partial charge on any atom is -0.507 e. The molecule has 0 fully saturated rings. The van der Waals surface area contributed by atoms with Crippen molar-refractivity contribution in [3.8, 4) is 5.75 Å². The summed E-state index contributed by atoms with van der Waals surface area (Å²) >= 11 is 0. The van der Waals surface area contributed by atoms with E-state index in [2.05, 4.69) is 0 Å². The van der Waals surface area contributed by atoms with Gasteiger partial charge in [-0.2, -0.15) is 0 Å². The van der Waals surface area contributed by atoms with Crippen LogP contribution in [0.25, 0.3) is 0 Å². The Labute approximate surface area is 198 Å². The third-order valence-electron chi connectivity index (χ3n) is 5.76. The molecule has 3 aromatic carbocycles. The van der Waals surface area contributed by atoms with Gasteiger partial charge >= 0.3 is 5.97 Å². The van der Waals surface area contributed by atoms with Crippen molar-refractivity contribution in [1.29, 1.82) is 0 Å². The molecule has 0 bridgehead atoms. The third-order valence-corrected chi connectivity index (χ3v) is 5.76. The topological polar surface area (TPSA) is 98.8 Å². The van der Waals surface area contributed by atoms with Gasteiger partial charge in [0.2, 0.25) is 0 Å². The number of aryl methyl sites for hydroxylation is 1. The highest BCUT2D eigenvalue weighted by atomic mass is 16.6. The van der Waals surface area contributed by atoms with Crippen LogP contribution in [0.4, 0.5) is 0 Å². The van der Waals surface area contributed by atoms with Gasteiger partial charge in [0.05, 0.1) is 6.04 Å². The van der Waals surface area contributed by atoms with Crippen molar-refractivity contribution in [2.75, 3.05) is 0 Å². The van der Waals surface area contributed by atoms with Crippen LogP contribution in [-0.4, -0.2) is 29.0 Å². The molecule has 0 saturated heterocycles. The largest absolute Gasteiger partial charge is 0.507 e. The van der Waals surface area contributed by atoms with Crippen molar-refractivity contribution in [3.05, 3.63) is 113 Å². The van der Waals surface area contributed by atoms with Crippen molar-refractivity contribution in [3.63, 3.8) is 0 Å². The molecule has 6 nitrogen and oxygen atoms in total. The average molecular weight is 458 g/mol. The smallest absolute Gasteiger partial charge is 0.346 e. The highest BCUT2D eigenvalue weighted by Crippen LogP contribution is 2.26. The van der Waals surface area contributed by atoms with Gasteiger partial charge < -0.3 is 20.3 Å². The summed E-state index contributed by atoms with van der Waals surface area (Å²) < 4.78 is 11.0. The molecule has 0 radical (unpaired) electrons. The fourth-order valence-corrected chi connectivity index (χ4v) is 3.87. The number of nitrogens with two attached hydrogens (primary N) is 1. The quantitative estimate of drug-likeness (QED) is 0.352. The predicted octanol–water partition coefficient (Wildman–Crippen LogP) is 4.07. The van der Waals surface area contributed by atoms with E-state index < -0.39 is 23.9 Å². The normalized spacial score (nSPS) is 16.3. The zero-order chi connectivity index (χ0) is 23.9. The maximum absolute atomic E-state index is 12.8. The van der Waals surface area contributed by atoms with Gasteiger partial charge in [0.15, 0.2) is 17.6 Å². The molecule has 0 saturated carbocycles. The Hall–Kier alpha value is -3.90. The average Bonchev–Trinajstić information content (AvgIpc) is 3.15. The number of ketones is 1. The lowest BCUT2D eigenvalue weighted by Gasteiger charge is -2.11. The first kappa shape index (κ1) is 23.3. The standard InChI is InChI=1S/C28H27NO5/c29-23(17-20-11-14-22(15-12-20)33-18-21-9-5-2-6-10-21)26(30)25-27(31)24(34-28(25)32)16-13-19-7-3-1-4-8-19/h1-12,14-15,23-24,31H,13,16-18,29H2. The molecule has 1 aliphatic heterocycles. The summed E-state index contributed by atoms with van der Waals surface area (Å²) in [6.07, 6.45) is 0.379. The molecule has 0 spiro atoms. The number of aliphatic hydroxyl groups excluding tert-OH is 1. The van der Waals surface area contributed by atoms with Crippen molar-refractivity contribution in [1.82, 2.24) is 0 Å². The second-order valence-corrected chi connectivity index (χ2v) is 8.27. The van der Waals surface area contributed by atoms with Crippen LogP contribution in [0.2, 0.25) is 0 Å². The lowest BCUT2D eigenvalue weighted by Crippen LogP contribution is -2.35. The molecule has 34 heavy (non-hydrogen) atoms. The van der Waals surface area contributed by atoms with E-state index in [1.54, 1.807) is 0 Å². The number of ether oxygens (including phenoxy) is 2. The zero-order valence-electron chi connectivity index (χ0n) is 18.7. The monoisotopic (exact) mass is 457 g/mol. The Bertz CT molecular complexity index is 1160. The van der Waals surface area contributed by atoms with Gasteiger partial charge in [0.25, 0.3) is 0 Å². The van der Waals surface area contributed by atoms with Gasteiger partial charge in [-0.25, -0.2) is 4.79 Å². The maximum atomic E-state index is 12.8. The summed E-state index contributed by atoms with van der Waals surface area (Å²) in [5, 5.41) is 10.5. The fraction of sp³-hybridized carbons (Fsp3) is 0.214. The number of rotatable bonds is 10. The van der Waals surface area contributed by atoms with E-state index in [-0.39, 0.29) is 17.8 Å². The van der Waals surface area contributed by atoms with Crippen LogP contribution in [0.1, 0.15) is 23.1 Å². The second-order valence-electron chi connectivity index (χ2n) is 8.27. The molecule has 3 N–H and O–H groups in total. The van der Waals surface area contributed by atoms with Crippen LogP contribution in [0.3, 0.4) is 0 Å². The van der Waals surface area contributed by atoms with Crippen LogP contribution in [-0.2, 0) is 33.8 Å². The van der Waals surface area contributed by atoms with E-state index in [1.807, 2.05) is 84.9 Å². The number of Topliss-reactive ketones (excluding diaryl/α,β-unsaturated/α-hetero) is 1. The molecule has 0 aromatic heterocycles. The maximum Gasteiger partial charge on any atom is 0.346 e. The van der Waals surface area contributed by atoms with Crippen LogP contribution in [0.15, 0.2) is 96.3 Å². The molecule has 0 amide bonds. The van der Waals surface area contributed by atoms with Crippen LogP contribution < -0.4 is 10.5 Å². The minimum atomic E-state index is -0.978. The molecule has 174 valence electrons. The molecule has 4 rings (SSSR count). The van der Waals surface area contributed by atoms with Crippen molar-refractivity contribution < 1.29 is 24.2 Å². The van der Waals surface area contributed by atoms with Gasteiger partial charge in [-0.3, -0.25) is 4.79 Å². The Kier molecular flexibility index (Phi) is 7.40. The van der Waals surface area contributed by atoms with E-state index in [0.29, 0.717) is 25.2 Å². The molecule has 6 heteroatoms. The molecule has 0 aliphatic carbocycles. The van der Waals surface area contributed by atoms with Gasteiger partial charge in [0, 0.05) is 0 Å². The SMILES string of the molecule is NC(Cc1ccc(OCc2ccccc2)cc1)C(=O)C1=C(O)C(CCc2ccccc2)OC1=O. The van der Waals surface area contributed by atoms with E-state index in [4.69, 9.17) is 15.2 Å². The van der Waals surface area contributed by atoms with Crippen LogP contribution >= 0.6 is 0 Å². The number of benzene rings is 3. The van der Waals surface area contributed by atoms with Gasteiger partial charge in [0.1, 0.15) is 17.9 Å². The van der Waals surface area contributed by atoms with Crippen LogP contribution in [0.5, 0.6) is 5.75 Å². The summed E-state index contributed by atoms with van der Waals surface area (Å²) in [5.41, 5.74) is 8.70. The summed E-state index contributed by atoms with van der Waals surface area (Å²) in [6, 6.07) is 25.8. The molecule has 1 aliphatic rings. The van der Waals surface area contributed by atoms with Crippen molar-refractivity contribution in [2.24, 2.45) is 5.73 Å². The fourth-order valence-electron chi connectivity index (χ4n) is 3.87. The molecule has 3 aromatic rings. The Morgan fingerprint density at radius 1 is 0.912 bits per heavy atom. The predicted molar refractivity (Wildman–Crippen MR) is 128 cm³/mol. The highest BCUT2D eigenvalue weighted by molar-refractivity contribution is 6.20. The van der Waals surface area contributed by atoms with E-state index in [0.717, 1.165) is 16.7 Å². The summed E-state index contributed by atoms with van der Waals surface area (Å²) in [6.45, 7) is 0.458. The number of esters is 1. The number of aliphatic hydroxyl groups is 1. The first-order valence-corrected chi connectivity index (χ1v) is 11.2. The lowest BCUT2D eigenvalue weighted by atomic mass is 9.96. The van der Waals surface area contributed by atoms with E-state index in [9.17, 15) is 14.7 Å². The summed E-state index contributed by atoms with van der Waals surface area (Å²) in [4.78, 5) is 25.2. The molecule has 1 heterocycles. The molecule has 2 unspecified atom stereocenters. The highest BCUT2D eigenvalue weighted by Gasteiger charge is 2.39. The Morgan fingerprint density at radius 3 is 2.18 bits per heavy atom. The first-order chi connectivity index (χ1) is 16.5. The van der Waals surface area contributed by atoms with Gasteiger partial charge in [-0.1, -0.05) is 72.8 Å². The Balaban J connectivity index is 1.34. The molecular formula is C28H27NO5. The number of carbonyl (C=O) groups excluding carboxylic acids is 2.